The standard InChI is InChI=1S/C24H33N5O3/c1-32-21-8-6-19(7-9-21)28-23-12-22(26-16-27-23)24(31)25-13-20(30)15-29-11-10-17-4-2-3-5-18(17)14-29/h2-5,12,16,19-21,30H,6-11,13-15H2,1H3,(H,25,31)(H,26,27,28)/t19-,20?,21+. The summed E-state index contributed by atoms with van der Waals surface area (Å²) in [4.78, 5) is 23.1. The summed E-state index contributed by atoms with van der Waals surface area (Å²) in [6.45, 7) is 2.45. The number of nitrogens with one attached hydrogen (secondary N) is 2. The maximum atomic E-state index is 12.6. The third kappa shape index (κ3) is 6.03. The molecule has 0 bridgehead atoms. The smallest absolute Gasteiger partial charge is 0.270 e. The van der Waals surface area contributed by atoms with Crippen molar-refractivity contribution in [1.29, 1.82) is 0 Å². The van der Waals surface area contributed by atoms with E-state index < -0.39 is 6.10 Å². The normalized spacial score (nSPS) is 22.1. The summed E-state index contributed by atoms with van der Waals surface area (Å²) >= 11 is 0. The van der Waals surface area contributed by atoms with Crippen molar-refractivity contribution >= 4 is 11.7 Å². The van der Waals surface area contributed by atoms with E-state index in [1.54, 1.807) is 13.2 Å². The number of nitrogens with zero attached hydrogens (tertiary/aromatic N) is 3. The van der Waals surface area contributed by atoms with Crippen molar-refractivity contribution in [2.24, 2.45) is 0 Å². The molecule has 0 saturated heterocycles. The van der Waals surface area contributed by atoms with Crippen LogP contribution in [0.5, 0.6) is 0 Å². The second-order valence-corrected chi connectivity index (χ2v) is 8.76. The molecule has 172 valence electrons. The summed E-state index contributed by atoms with van der Waals surface area (Å²) in [5.74, 6) is 0.347. The van der Waals surface area contributed by atoms with Crippen LogP contribution >= 0.6 is 0 Å². The number of ether oxygens (including phenoxy) is 1. The van der Waals surface area contributed by atoms with E-state index in [0.29, 0.717) is 30.2 Å². The lowest BCUT2D eigenvalue weighted by atomic mass is 9.93. The van der Waals surface area contributed by atoms with E-state index in [-0.39, 0.29) is 12.5 Å². The molecule has 1 aromatic heterocycles. The van der Waals surface area contributed by atoms with Gasteiger partial charge in [-0.3, -0.25) is 9.69 Å². The lowest BCUT2D eigenvalue weighted by Crippen LogP contribution is -2.42. The fourth-order valence-electron chi connectivity index (χ4n) is 4.59. The van der Waals surface area contributed by atoms with E-state index in [0.717, 1.165) is 45.2 Å². The zero-order valence-electron chi connectivity index (χ0n) is 18.7. The summed E-state index contributed by atoms with van der Waals surface area (Å²) in [5, 5.41) is 16.7. The van der Waals surface area contributed by atoms with E-state index >= 15 is 0 Å². The Labute approximate surface area is 189 Å². The quantitative estimate of drug-likeness (QED) is 0.578. The zero-order valence-corrected chi connectivity index (χ0v) is 18.7. The molecule has 3 N–H and O–H groups in total. The first-order chi connectivity index (χ1) is 15.6. The molecule has 2 aromatic rings. The van der Waals surface area contributed by atoms with Crippen LogP contribution in [0, 0.1) is 0 Å². The van der Waals surface area contributed by atoms with Crippen molar-refractivity contribution in [3.8, 4) is 0 Å². The van der Waals surface area contributed by atoms with Gasteiger partial charge in [0.05, 0.1) is 12.2 Å². The van der Waals surface area contributed by atoms with Crippen LogP contribution in [-0.2, 0) is 17.7 Å². The Balaban J connectivity index is 1.23. The van der Waals surface area contributed by atoms with E-state index in [9.17, 15) is 9.90 Å². The Hall–Kier alpha value is -2.55. The van der Waals surface area contributed by atoms with Gasteiger partial charge in [-0.25, -0.2) is 9.97 Å². The predicted octanol–water partition coefficient (Wildman–Crippen LogP) is 2.00. The average molecular weight is 440 g/mol. The van der Waals surface area contributed by atoms with Gasteiger partial charge in [0.1, 0.15) is 17.8 Å². The van der Waals surface area contributed by atoms with Gasteiger partial charge in [-0.15, -0.1) is 0 Å². The Morgan fingerprint density at radius 1 is 1.22 bits per heavy atom. The van der Waals surface area contributed by atoms with Crippen molar-refractivity contribution in [1.82, 2.24) is 20.2 Å². The number of anilines is 1. The molecular formula is C24H33N5O3. The average Bonchev–Trinajstić information content (AvgIpc) is 2.83. The highest BCUT2D eigenvalue weighted by Gasteiger charge is 2.22. The molecule has 1 aromatic carbocycles. The number of amides is 1. The van der Waals surface area contributed by atoms with Crippen LogP contribution in [0.2, 0.25) is 0 Å². The van der Waals surface area contributed by atoms with Gasteiger partial charge in [-0.2, -0.15) is 0 Å². The molecule has 32 heavy (non-hydrogen) atoms. The topological polar surface area (TPSA) is 99.6 Å². The largest absolute Gasteiger partial charge is 0.390 e. The number of fused-ring (bicyclic) bond motifs is 1. The van der Waals surface area contributed by atoms with Crippen molar-refractivity contribution < 1.29 is 14.6 Å². The van der Waals surface area contributed by atoms with E-state index in [1.807, 2.05) is 0 Å². The summed E-state index contributed by atoms with van der Waals surface area (Å²) in [6.07, 6.45) is 6.15. The molecule has 4 rings (SSSR count). The van der Waals surface area contributed by atoms with E-state index in [4.69, 9.17) is 4.74 Å². The number of methoxy groups -OCH3 is 1. The lowest BCUT2D eigenvalue weighted by Gasteiger charge is -2.30. The van der Waals surface area contributed by atoms with Gasteiger partial charge >= 0.3 is 0 Å². The summed E-state index contributed by atoms with van der Waals surface area (Å²) in [5.41, 5.74) is 2.99. The molecule has 1 atom stereocenters. The van der Waals surface area contributed by atoms with E-state index in [1.165, 1.54) is 17.5 Å². The lowest BCUT2D eigenvalue weighted by molar-refractivity contribution is 0.0681. The minimum atomic E-state index is -0.639. The van der Waals surface area contributed by atoms with Gasteiger partial charge in [-0.05, 0) is 43.2 Å². The number of rotatable bonds is 8. The van der Waals surface area contributed by atoms with Gasteiger partial charge < -0.3 is 20.5 Å². The molecule has 2 aliphatic rings. The fraction of sp³-hybridized carbons (Fsp3) is 0.542. The van der Waals surface area contributed by atoms with Crippen molar-refractivity contribution in [3.63, 3.8) is 0 Å². The van der Waals surface area contributed by atoms with Crippen LogP contribution in [0.3, 0.4) is 0 Å². The molecule has 0 radical (unpaired) electrons. The monoisotopic (exact) mass is 439 g/mol. The molecular weight excluding hydrogens is 406 g/mol. The molecule has 1 aliphatic heterocycles. The first kappa shape index (κ1) is 22.6. The highest BCUT2D eigenvalue weighted by molar-refractivity contribution is 5.92. The SMILES string of the molecule is CO[C@H]1CC[C@@H](Nc2cc(C(=O)NCC(O)CN3CCc4ccccc4C3)ncn2)CC1. The highest BCUT2D eigenvalue weighted by Crippen LogP contribution is 2.23. The number of hydrogen-bond donors (Lipinski definition) is 3. The third-order valence-electron chi connectivity index (χ3n) is 6.44. The van der Waals surface area contributed by atoms with Crippen LogP contribution in [-0.4, -0.2) is 70.9 Å². The van der Waals surface area contributed by atoms with Gasteiger partial charge in [0.2, 0.25) is 0 Å². The molecule has 1 amide bonds. The summed E-state index contributed by atoms with van der Waals surface area (Å²) in [6, 6.07) is 10.4. The first-order valence-corrected chi connectivity index (χ1v) is 11.5. The zero-order chi connectivity index (χ0) is 22.3. The van der Waals surface area contributed by atoms with E-state index in [2.05, 4.69) is 49.8 Å². The van der Waals surface area contributed by atoms with Crippen LogP contribution in [0.25, 0.3) is 0 Å². The number of aliphatic hydroxyl groups is 1. The Bertz CT molecular complexity index is 901. The van der Waals surface area contributed by atoms with Crippen LogP contribution in [0.4, 0.5) is 5.82 Å². The minimum Gasteiger partial charge on any atom is -0.390 e. The Morgan fingerprint density at radius 2 is 2.00 bits per heavy atom. The number of carbonyl (C=O) groups excluding carboxylic acids is 1. The maximum Gasteiger partial charge on any atom is 0.270 e. The van der Waals surface area contributed by atoms with Crippen LogP contribution in [0.1, 0.15) is 47.3 Å². The van der Waals surface area contributed by atoms with Crippen molar-refractivity contribution in [2.45, 2.75) is 56.9 Å². The Morgan fingerprint density at radius 3 is 2.78 bits per heavy atom. The minimum absolute atomic E-state index is 0.185. The fourth-order valence-corrected chi connectivity index (χ4v) is 4.59. The molecule has 1 aliphatic carbocycles. The van der Waals surface area contributed by atoms with Gasteiger partial charge in [0.15, 0.2) is 0 Å². The number of hydrogen-bond acceptors (Lipinski definition) is 7. The van der Waals surface area contributed by atoms with Crippen molar-refractivity contribution in [2.75, 3.05) is 32.1 Å². The van der Waals surface area contributed by atoms with Gasteiger partial charge in [0, 0.05) is 45.4 Å². The molecule has 1 fully saturated rings. The van der Waals surface area contributed by atoms with Crippen molar-refractivity contribution in [3.05, 3.63) is 53.5 Å². The number of benzene rings is 1. The summed E-state index contributed by atoms with van der Waals surface area (Å²) < 4.78 is 5.42. The second-order valence-electron chi connectivity index (χ2n) is 8.76. The predicted molar refractivity (Wildman–Crippen MR) is 122 cm³/mol. The molecule has 2 heterocycles. The van der Waals surface area contributed by atoms with Crippen LogP contribution in [0.15, 0.2) is 36.7 Å². The molecule has 8 nitrogen and oxygen atoms in total. The second kappa shape index (κ2) is 10.8. The maximum absolute atomic E-state index is 12.6. The number of aromatic nitrogens is 2. The van der Waals surface area contributed by atoms with Crippen LogP contribution < -0.4 is 10.6 Å². The third-order valence-corrected chi connectivity index (χ3v) is 6.44. The number of aliphatic hydroxyl groups excluding tert-OH is 1. The molecule has 1 unspecified atom stereocenters. The first-order valence-electron chi connectivity index (χ1n) is 11.5. The molecule has 8 heteroatoms. The number of carbonyl (C=O) groups is 1. The van der Waals surface area contributed by atoms with Gasteiger partial charge in [0.25, 0.3) is 5.91 Å². The van der Waals surface area contributed by atoms with Gasteiger partial charge in [-0.1, -0.05) is 24.3 Å². The molecule has 1 saturated carbocycles. The summed E-state index contributed by atoms with van der Waals surface area (Å²) in [7, 11) is 1.76. The Kier molecular flexibility index (Phi) is 7.68. The highest BCUT2D eigenvalue weighted by atomic mass is 16.5. The number of β-amino-alcohol motifs (C(OH)–C–C–N with tert-alkyl or cyclic N) is 1. The molecule has 0 spiro atoms.